The monoisotopic (exact) mass is 252 g/mol. The minimum Gasteiger partial charge on any atom is -0.497 e. The summed E-state index contributed by atoms with van der Waals surface area (Å²) in [5, 5.41) is 0. The van der Waals surface area contributed by atoms with Crippen molar-refractivity contribution in [2.24, 2.45) is 5.73 Å². The molecule has 19 heavy (non-hydrogen) atoms. The molecule has 2 rings (SSSR count). The molecular formula is C15H12N2O2. The second kappa shape index (κ2) is 5.69. The molecule has 94 valence electrons. The summed E-state index contributed by atoms with van der Waals surface area (Å²) in [5.41, 5.74) is 6.77. The van der Waals surface area contributed by atoms with Gasteiger partial charge >= 0.3 is 0 Å². The van der Waals surface area contributed by atoms with Gasteiger partial charge in [0.25, 0.3) is 5.91 Å². The summed E-state index contributed by atoms with van der Waals surface area (Å²) >= 11 is 0. The molecule has 1 aromatic heterocycles. The standard InChI is InChI=1S/C15H12N2O2/c1-19-12-7-4-11(5-8-12)6-9-14-13(15(16)18)3-2-10-17-14/h2-5,7-8,10H,1H3,(H2,16,18). The summed E-state index contributed by atoms with van der Waals surface area (Å²) in [6.07, 6.45) is 1.57. The number of benzene rings is 1. The first-order chi connectivity index (χ1) is 9.20. The number of amides is 1. The molecule has 0 aliphatic carbocycles. The van der Waals surface area contributed by atoms with Crippen LogP contribution >= 0.6 is 0 Å². The van der Waals surface area contributed by atoms with Crippen LogP contribution in [0.3, 0.4) is 0 Å². The second-order valence-electron chi connectivity index (χ2n) is 3.74. The van der Waals surface area contributed by atoms with Crippen LogP contribution in [0.15, 0.2) is 42.6 Å². The maximum absolute atomic E-state index is 11.2. The summed E-state index contributed by atoms with van der Waals surface area (Å²) in [7, 11) is 1.60. The van der Waals surface area contributed by atoms with E-state index in [2.05, 4.69) is 16.8 Å². The highest BCUT2D eigenvalue weighted by atomic mass is 16.5. The highest BCUT2D eigenvalue weighted by molar-refractivity contribution is 5.94. The molecule has 2 aromatic rings. The number of nitrogens with zero attached hydrogens (tertiary/aromatic N) is 1. The number of ether oxygens (including phenoxy) is 1. The Balaban J connectivity index is 2.31. The zero-order valence-corrected chi connectivity index (χ0v) is 10.4. The Kier molecular flexibility index (Phi) is 3.79. The van der Waals surface area contributed by atoms with Crippen molar-refractivity contribution in [3.05, 3.63) is 59.4 Å². The van der Waals surface area contributed by atoms with E-state index >= 15 is 0 Å². The fourth-order valence-corrected chi connectivity index (χ4v) is 1.51. The number of hydrogen-bond donors (Lipinski definition) is 1. The van der Waals surface area contributed by atoms with Gasteiger partial charge in [0.1, 0.15) is 11.4 Å². The van der Waals surface area contributed by atoms with Crippen LogP contribution in [0.2, 0.25) is 0 Å². The van der Waals surface area contributed by atoms with Gasteiger partial charge in [-0.1, -0.05) is 5.92 Å². The average Bonchev–Trinajstić information content (AvgIpc) is 2.46. The van der Waals surface area contributed by atoms with Gasteiger partial charge in [0.2, 0.25) is 0 Å². The number of pyridine rings is 1. The molecule has 0 spiro atoms. The SMILES string of the molecule is COc1ccc(C#Cc2ncccc2C(N)=O)cc1. The summed E-state index contributed by atoms with van der Waals surface area (Å²) in [4.78, 5) is 15.3. The van der Waals surface area contributed by atoms with Gasteiger partial charge in [-0.2, -0.15) is 0 Å². The molecule has 4 nitrogen and oxygen atoms in total. The number of methoxy groups -OCH3 is 1. The van der Waals surface area contributed by atoms with Gasteiger partial charge in [-0.3, -0.25) is 4.79 Å². The van der Waals surface area contributed by atoms with Crippen molar-refractivity contribution in [2.45, 2.75) is 0 Å². The number of hydrogen-bond acceptors (Lipinski definition) is 3. The number of primary amides is 1. The van der Waals surface area contributed by atoms with Gasteiger partial charge in [-0.05, 0) is 42.3 Å². The smallest absolute Gasteiger partial charge is 0.251 e. The number of carbonyl (C=O) groups is 1. The fraction of sp³-hybridized carbons (Fsp3) is 0.0667. The lowest BCUT2D eigenvalue weighted by Crippen LogP contribution is -2.13. The summed E-state index contributed by atoms with van der Waals surface area (Å²) < 4.78 is 5.06. The van der Waals surface area contributed by atoms with Crippen LogP contribution in [-0.4, -0.2) is 18.0 Å². The highest BCUT2D eigenvalue weighted by Gasteiger charge is 2.05. The third kappa shape index (κ3) is 3.11. The molecule has 0 fully saturated rings. The topological polar surface area (TPSA) is 65.2 Å². The van der Waals surface area contributed by atoms with E-state index in [1.807, 2.05) is 24.3 Å². The number of nitrogens with two attached hydrogens (primary N) is 1. The lowest BCUT2D eigenvalue weighted by Gasteiger charge is -1.98. The molecular weight excluding hydrogens is 240 g/mol. The van der Waals surface area contributed by atoms with Gasteiger partial charge in [0.15, 0.2) is 0 Å². The van der Waals surface area contributed by atoms with Gasteiger partial charge < -0.3 is 10.5 Å². The second-order valence-corrected chi connectivity index (χ2v) is 3.74. The lowest BCUT2D eigenvalue weighted by molar-refractivity contribution is 0.0999. The maximum Gasteiger partial charge on any atom is 0.251 e. The van der Waals surface area contributed by atoms with Crippen LogP contribution in [0.4, 0.5) is 0 Å². The van der Waals surface area contributed by atoms with Crippen LogP contribution in [0.5, 0.6) is 5.75 Å². The molecule has 0 saturated carbocycles. The van der Waals surface area contributed by atoms with E-state index in [0.717, 1.165) is 11.3 Å². The Labute approximate surface area is 111 Å². The number of aromatic nitrogens is 1. The minimum absolute atomic E-state index is 0.323. The molecule has 1 aromatic carbocycles. The lowest BCUT2D eigenvalue weighted by atomic mass is 10.1. The van der Waals surface area contributed by atoms with E-state index in [0.29, 0.717) is 11.3 Å². The predicted molar refractivity (Wildman–Crippen MR) is 71.7 cm³/mol. The Morgan fingerprint density at radius 1 is 1.21 bits per heavy atom. The molecule has 0 aliphatic rings. The molecule has 0 unspecified atom stereocenters. The van der Waals surface area contributed by atoms with Gasteiger partial charge in [0, 0.05) is 11.8 Å². The van der Waals surface area contributed by atoms with E-state index in [9.17, 15) is 4.79 Å². The van der Waals surface area contributed by atoms with Gasteiger partial charge in [0.05, 0.1) is 12.7 Å². The van der Waals surface area contributed by atoms with E-state index in [1.54, 1.807) is 25.4 Å². The first kappa shape index (κ1) is 12.7. The predicted octanol–water partition coefficient (Wildman–Crippen LogP) is 1.59. The summed E-state index contributed by atoms with van der Waals surface area (Å²) in [5.74, 6) is 6.01. The Bertz CT molecular complexity index is 652. The molecule has 0 atom stereocenters. The van der Waals surface area contributed by atoms with Crippen molar-refractivity contribution in [1.82, 2.24) is 4.98 Å². The molecule has 1 heterocycles. The fourth-order valence-electron chi connectivity index (χ4n) is 1.51. The number of carbonyl (C=O) groups excluding carboxylic acids is 1. The van der Waals surface area contributed by atoms with Crippen molar-refractivity contribution >= 4 is 5.91 Å². The maximum atomic E-state index is 11.2. The van der Waals surface area contributed by atoms with E-state index in [-0.39, 0.29) is 0 Å². The molecule has 1 amide bonds. The van der Waals surface area contributed by atoms with E-state index < -0.39 is 5.91 Å². The van der Waals surface area contributed by atoms with Crippen molar-refractivity contribution in [3.63, 3.8) is 0 Å². The van der Waals surface area contributed by atoms with Gasteiger partial charge in [-0.15, -0.1) is 0 Å². The Hall–Kier alpha value is -2.80. The van der Waals surface area contributed by atoms with Crippen LogP contribution in [0.25, 0.3) is 0 Å². The number of rotatable bonds is 2. The largest absolute Gasteiger partial charge is 0.497 e. The van der Waals surface area contributed by atoms with Crippen molar-refractivity contribution in [1.29, 1.82) is 0 Å². The van der Waals surface area contributed by atoms with Crippen molar-refractivity contribution < 1.29 is 9.53 Å². The van der Waals surface area contributed by atoms with Crippen molar-refractivity contribution in [2.75, 3.05) is 7.11 Å². The first-order valence-corrected chi connectivity index (χ1v) is 5.61. The molecule has 0 saturated heterocycles. The van der Waals surface area contributed by atoms with Crippen molar-refractivity contribution in [3.8, 4) is 17.6 Å². The molecule has 2 N–H and O–H groups in total. The molecule has 0 radical (unpaired) electrons. The molecule has 0 bridgehead atoms. The van der Waals surface area contributed by atoms with E-state index in [4.69, 9.17) is 10.5 Å². The zero-order chi connectivity index (χ0) is 13.7. The third-order valence-electron chi connectivity index (χ3n) is 2.49. The molecule has 0 aliphatic heterocycles. The Morgan fingerprint density at radius 2 is 1.95 bits per heavy atom. The average molecular weight is 252 g/mol. The third-order valence-corrected chi connectivity index (χ3v) is 2.49. The minimum atomic E-state index is -0.535. The highest BCUT2D eigenvalue weighted by Crippen LogP contribution is 2.10. The van der Waals surface area contributed by atoms with Crippen LogP contribution in [0.1, 0.15) is 21.6 Å². The zero-order valence-electron chi connectivity index (χ0n) is 10.4. The summed E-state index contributed by atoms with van der Waals surface area (Å²) in [6.45, 7) is 0. The van der Waals surface area contributed by atoms with Crippen LogP contribution < -0.4 is 10.5 Å². The van der Waals surface area contributed by atoms with Gasteiger partial charge in [-0.25, -0.2) is 4.98 Å². The Morgan fingerprint density at radius 3 is 2.58 bits per heavy atom. The quantitative estimate of drug-likeness (QED) is 0.825. The van der Waals surface area contributed by atoms with E-state index in [1.165, 1.54) is 0 Å². The first-order valence-electron chi connectivity index (χ1n) is 5.61. The van der Waals surface area contributed by atoms with Crippen LogP contribution in [0, 0.1) is 11.8 Å². The summed E-state index contributed by atoms with van der Waals surface area (Å²) in [6, 6.07) is 10.6. The normalized spacial score (nSPS) is 9.32. The van der Waals surface area contributed by atoms with Crippen LogP contribution in [-0.2, 0) is 0 Å². The molecule has 4 heteroatoms.